The van der Waals surface area contributed by atoms with Crippen molar-refractivity contribution in [3.8, 4) is 22.9 Å². The summed E-state index contributed by atoms with van der Waals surface area (Å²) in [4.78, 5) is 24.3. The number of rotatable bonds is 7. The molecular formula is C25H28N4O3. The molecule has 2 heterocycles. The Balaban J connectivity index is 1.42. The van der Waals surface area contributed by atoms with Crippen molar-refractivity contribution in [3.05, 3.63) is 66.4 Å². The number of amides is 1. The molecule has 32 heavy (non-hydrogen) atoms. The molecule has 0 spiro atoms. The second kappa shape index (κ2) is 10.1. The zero-order valence-corrected chi connectivity index (χ0v) is 18.5. The number of carbonyl (C=O) groups excluding carboxylic acids is 1. The summed E-state index contributed by atoms with van der Waals surface area (Å²) >= 11 is 0. The van der Waals surface area contributed by atoms with Gasteiger partial charge in [0.1, 0.15) is 17.3 Å². The number of aromatic nitrogens is 2. The summed E-state index contributed by atoms with van der Waals surface area (Å²) in [5, 5.41) is 3.07. The zero-order chi connectivity index (χ0) is 22.3. The molecule has 3 aromatic rings. The van der Waals surface area contributed by atoms with E-state index in [1.54, 1.807) is 20.4 Å². The third-order valence-electron chi connectivity index (χ3n) is 5.73. The third kappa shape index (κ3) is 4.99. The number of nitrogens with one attached hydrogen (secondary N) is 1. The summed E-state index contributed by atoms with van der Waals surface area (Å²) in [7, 11) is 3.24. The Morgan fingerprint density at radius 1 is 1.12 bits per heavy atom. The summed E-state index contributed by atoms with van der Waals surface area (Å²) in [5.74, 6) is 2.95. The number of piperidine rings is 1. The van der Waals surface area contributed by atoms with E-state index >= 15 is 0 Å². The van der Waals surface area contributed by atoms with Gasteiger partial charge in [0, 0.05) is 37.0 Å². The minimum Gasteiger partial charge on any atom is -0.497 e. The lowest BCUT2D eigenvalue weighted by Crippen LogP contribution is -2.43. The van der Waals surface area contributed by atoms with Gasteiger partial charge >= 0.3 is 0 Å². The fourth-order valence-electron chi connectivity index (χ4n) is 4.00. The molecular weight excluding hydrogens is 404 g/mol. The first-order valence-corrected chi connectivity index (χ1v) is 10.8. The molecule has 1 amide bonds. The monoisotopic (exact) mass is 432 g/mol. The number of methoxy groups -OCH3 is 2. The molecule has 1 N–H and O–H groups in total. The molecule has 7 heteroatoms. The van der Waals surface area contributed by atoms with Gasteiger partial charge in [-0.25, -0.2) is 9.97 Å². The summed E-state index contributed by atoms with van der Waals surface area (Å²) in [6, 6.07) is 17.4. The average molecular weight is 433 g/mol. The second-order valence-electron chi connectivity index (χ2n) is 7.79. The largest absolute Gasteiger partial charge is 0.497 e. The van der Waals surface area contributed by atoms with Gasteiger partial charge in [-0.3, -0.25) is 4.79 Å². The van der Waals surface area contributed by atoms with Crippen LogP contribution in [0.3, 0.4) is 0 Å². The second-order valence-corrected chi connectivity index (χ2v) is 7.79. The number of hydrogen-bond acceptors (Lipinski definition) is 6. The summed E-state index contributed by atoms with van der Waals surface area (Å²) in [5.41, 5.74) is 1.86. The van der Waals surface area contributed by atoms with Gasteiger partial charge in [0.15, 0.2) is 5.82 Å². The van der Waals surface area contributed by atoms with Crippen LogP contribution in [0, 0.1) is 5.92 Å². The number of benzene rings is 2. The number of anilines is 1. The Morgan fingerprint density at radius 3 is 2.75 bits per heavy atom. The van der Waals surface area contributed by atoms with E-state index in [-0.39, 0.29) is 11.8 Å². The first kappa shape index (κ1) is 21.6. The van der Waals surface area contributed by atoms with Gasteiger partial charge in [-0.15, -0.1) is 0 Å². The Bertz CT molecular complexity index is 1060. The van der Waals surface area contributed by atoms with Crippen LogP contribution >= 0.6 is 0 Å². The van der Waals surface area contributed by atoms with Gasteiger partial charge in [-0.2, -0.15) is 0 Å². The van der Waals surface area contributed by atoms with Crippen LogP contribution in [-0.2, 0) is 11.3 Å². The molecule has 1 aliphatic rings. The first-order valence-electron chi connectivity index (χ1n) is 10.8. The molecule has 1 saturated heterocycles. The van der Waals surface area contributed by atoms with E-state index in [1.807, 2.05) is 54.6 Å². The lowest BCUT2D eigenvalue weighted by Gasteiger charge is -2.33. The van der Waals surface area contributed by atoms with Crippen LogP contribution in [0.5, 0.6) is 11.5 Å². The predicted octanol–water partition coefficient (Wildman–Crippen LogP) is 3.69. The van der Waals surface area contributed by atoms with Crippen LogP contribution in [0.15, 0.2) is 60.8 Å². The van der Waals surface area contributed by atoms with E-state index < -0.39 is 0 Å². The molecule has 166 valence electrons. The van der Waals surface area contributed by atoms with E-state index in [1.165, 1.54) is 0 Å². The number of nitrogens with zero attached hydrogens (tertiary/aromatic N) is 3. The Kier molecular flexibility index (Phi) is 6.84. The Morgan fingerprint density at radius 2 is 1.97 bits per heavy atom. The van der Waals surface area contributed by atoms with Crippen molar-refractivity contribution >= 4 is 11.7 Å². The van der Waals surface area contributed by atoms with Crippen molar-refractivity contribution < 1.29 is 14.3 Å². The first-order chi connectivity index (χ1) is 15.7. The lowest BCUT2D eigenvalue weighted by atomic mass is 9.97. The van der Waals surface area contributed by atoms with Gasteiger partial charge in [0.2, 0.25) is 5.91 Å². The van der Waals surface area contributed by atoms with Crippen molar-refractivity contribution in [1.82, 2.24) is 15.3 Å². The third-order valence-corrected chi connectivity index (χ3v) is 5.73. The van der Waals surface area contributed by atoms with Crippen LogP contribution in [-0.4, -0.2) is 43.2 Å². The van der Waals surface area contributed by atoms with Crippen molar-refractivity contribution in [2.75, 3.05) is 32.2 Å². The zero-order valence-electron chi connectivity index (χ0n) is 18.5. The highest BCUT2D eigenvalue weighted by molar-refractivity contribution is 5.79. The normalized spacial score (nSPS) is 15.8. The van der Waals surface area contributed by atoms with Gasteiger partial charge in [0.05, 0.1) is 20.1 Å². The number of hydrogen-bond donors (Lipinski definition) is 1. The Hall–Kier alpha value is -3.61. The number of ether oxygens (including phenoxy) is 2. The van der Waals surface area contributed by atoms with Gasteiger partial charge < -0.3 is 19.7 Å². The Labute approximate surface area is 188 Å². The van der Waals surface area contributed by atoms with Crippen LogP contribution in [0.4, 0.5) is 5.82 Å². The molecule has 7 nitrogen and oxygen atoms in total. The molecule has 0 unspecified atom stereocenters. The van der Waals surface area contributed by atoms with Crippen molar-refractivity contribution in [3.63, 3.8) is 0 Å². The lowest BCUT2D eigenvalue weighted by molar-refractivity contribution is -0.125. The smallest absolute Gasteiger partial charge is 0.225 e. The van der Waals surface area contributed by atoms with E-state index in [9.17, 15) is 4.79 Å². The maximum atomic E-state index is 12.9. The molecule has 1 fully saturated rings. The van der Waals surface area contributed by atoms with Gasteiger partial charge in [-0.05, 0) is 37.1 Å². The van der Waals surface area contributed by atoms with Crippen LogP contribution < -0.4 is 19.7 Å². The highest BCUT2D eigenvalue weighted by atomic mass is 16.5. The summed E-state index contributed by atoms with van der Waals surface area (Å²) < 4.78 is 10.7. The minimum absolute atomic E-state index is 0.0388. The van der Waals surface area contributed by atoms with Crippen molar-refractivity contribution in [2.45, 2.75) is 19.4 Å². The predicted molar refractivity (Wildman–Crippen MR) is 124 cm³/mol. The minimum atomic E-state index is -0.101. The fourth-order valence-corrected chi connectivity index (χ4v) is 4.00. The average Bonchev–Trinajstić information content (AvgIpc) is 2.87. The SMILES string of the molecule is COc1ccc(OC)c(CNC(=O)[C@@H]2CCCN(c3ccnc(-c4ccccc4)n3)C2)c1. The molecule has 4 rings (SSSR count). The highest BCUT2D eigenvalue weighted by Gasteiger charge is 2.27. The molecule has 0 radical (unpaired) electrons. The van der Waals surface area contributed by atoms with E-state index in [0.29, 0.717) is 18.9 Å². The van der Waals surface area contributed by atoms with Crippen LogP contribution in [0.25, 0.3) is 11.4 Å². The maximum absolute atomic E-state index is 12.9. The highest BCUT2D eigenvalue weighted by Crippen LogP contribution is 2.26. The molecule has 1 aromatic heterocycles. The quantitative estimate of drug-likeness (QED) is 0.614. The molecule has 0 saturated carbocycles. The van der Waals surface area contributed by atoms with Gasteiger partial charge in [0.25, 0.3) is 0 Å². The van der Waals surface area contributed by atoms with Gasteiger partial charge in [-0.1, -0.05) is 30.3 Å². The fraction of sp³-hybridized carbons (Fsp3) is 0.320. The molecule has 0 bridgehead atoms. The van der Waals surface area contributed by atoms with Crippen LogP contribution in [0.2, 0.25) is 0 Å². The standard InChI is InChI=1S/C25H28N4O3/c1-31-21-10-11-22(32-2)20(15-21)16-27-25(30)19-9-6-14-29(17-19)23-12-13-26-24(28-23)18-7-4-3-5-8-18/h3-5,7-8,10-13,15,19H,6,9,14,16-17H2,1-2H3,(H,27,30)/t19-/m1/s1. The molecule has 1 aliphatic heterocycles. The number of carbonyl (C=O) groups is 1. The van der Waals surface area contributed by atoms with Crippen molar-refractivity contribution in [2.24, 2.45) is 5.92 Å². The summed E-state index contributed by atoms with van der Waals surface area (Å²) in [6.07, 6.45) is 3.57. The van der Waals surface area contributed by atoms with E-state index in [0.717, 1.165) is 47.8 Å². The molecule has 2 aromatic carbocycles. The molecule has 0 aliphatic carbocycles. The topological polar surface area (TPSA) is 76.6 Å². The van der Waals surface area contributed by atoms with Crippen LogP contribution in [0.1, 0.15) is 18.4 Å². The molecule has 1 atom stereocenters. The maximum Gasteiger partial charge on any atom is 0.225 e. The van der Waals surface area contributed by atoms with E-state index in [4.69, 9.17) is 14.5 Å². The van der Waals surface area contributed by atoms with Crippen molar-refractivity contribution in [1.29, 1.82) is 0 Å². The summed E-state index contributed by atoms with van der Waals surface area (Å²) in [6.45, 7) is 1.90. The van der Waals surface area contributed by atoms with E-state index in [2.05, 4.69) is 15.2 Å².